The summed E-state index contributed by atoms with van der Waals surface area (Å²) in [5.74, 6) is -0.789. The third-order valence-corrected chi connectivity index (χ3v) is 3.95. The maximum Gasteiger partial charge on any atom is 0.278 e. The lowest BCUT2D eigenvalue weighted by molar-refractivity contribution is -0.118. The van der Waals surface area contributed by atoms with Crippen molar-refractivity contribution in [3.63, 3.8) is 0 Å². The fourth-order valence-electron chi connectivity index (χ4n) is 2.20. The Bertz CT molecular complexity index is 681. The van der Waals surface area contributed by atoms with Gasteiger partial charge in [-0.15, -0.1) is 0 Å². The Morgan fingerprint density at radius 1 is 1.40 bits per heavy atom. The Labute approximate surface area is 154 Å². The van der Waals surface area contributed by atoms with E-state index in [-0.39, 0.29) is 0 Å². The normalized spacial score (nSPS) is 15.2. The number of methoxy groups -OCH3 is 1. The van der Waals surface area contributed by atoms with Crippen molar-refractivity contribution in [3.05, 3.63) is 45.1 Å². The molecule has 0 spiro atoms. The molecular weight excluding hydrogens is 375 g/mol. The lowest BCUT2D eigenvalue weighted by Crippen LogP contribution is -2.40. The standard InChI is InChI=1S/C16H19Cl2F2N3O2/c1-8(14(25-3)10-5-4-9(17)6-12(10)18)23-16(24)11(7-22-2)13(21)15(19)20/h4-8,14-15H,21H2,1-3H3,(H,23,24). The van der Waals surface area contributed by atoms with Crippen LogP contribution in [0.25, 0.3) is 0 Å². The van der Waals surface area contributed by atoms with E-state index in [2.05, 4.69) is 10.3 Å². The number of carbonyl (C=O) groups excluding carboxylic acids is 1. The molecule has 0 aromatic heterocycles. The van der Waals surface area contributed by atoms with Gasteiger partial charge in [-0.25, -0.2) is 8.78 Å². The van der Waals surface area contributed by atoms with Gasteiger partial charge in [0.2, 0.25) is 0 Å². The number of ether oxygens (including phenoxy) is 1. The number of nitrogens with zero attached hydrogens (tertiary/aromatic N) is 1. The van der Waals surface area contributed by atoms with Gasteiger partial charge in [0.15, 0.2) is 0 Å². The zero-order valence-electron chi connectivity index (χ0n) is 13.9. The number of nitrogens with two attached hydrogens (primary N) is 1. The summed E-state index contributed by atoms with van der Waals surface area (Å²) >= 11 is 12.0. The van der Waals surface area contributed by atoms with Gasteiger partial charge in [-0.2, -0.15) is 0 Å². The lowest BCUT2D eigenvalue weighted by Gasteiger charge is -2.25. The number of aliphatic imine (C=N–C) groups is 1. The molecule has 0 aliphatic carbocycles. The number of hydrogen-bond donors (Lipinski definition) is 2. The van der Waals surface area contributed by atoms with E-state index in [4.69, 9.17) is 33.7 Å². The summed E-state index contributed by atoms with van der Waals surface area (Å²) in [7, 11) is 2.79. The molecule has 9 heteroatoms. The van der Waals surface area contributed by atoms with Gasteiger partial charge in [-0.3, -0.25) is 9.79 Å². The second-order valence-corrected chi connectivity index (χ2v) is 5.98. The van der Waals surface area contributed by atoms with Gasteiger partial charge >= 0.3 is 0 Å². The SMILES string of the molecule is CN=CC(C(=O)NC(C)C(OC)c1ccc(Cl)cc1Cl)=C(N)C(F)F. The van der Waals surface area contributed by atoms with Crippen LogP contribution in [0.2, 0.25) is 10.0 Å². The van der Waals surface area contributed by atoms with Crippen LogP contribution >= 0.6 is 23.2 Å². The molecule has 2 atom stereocenters. The third-order valence-electron chi connectivity index (χ3n) is 3.38. The quantitative estimate of drug-likeness (QED) is 0.550. The van der Waals surface area contributed by atoms with Crippen LogP contribution in [0.3, 0.4) is 0 Å². The molecule has 0 saturated heterocycles. The van der Waals surface area contributed by atoms with E-state index in [1.54, 1.807) is 25.1 Å². The highest BCUT2D eigenvalue weighted by Crippen LogP contribution is 2.30. The highest BCUT2D eigenvalue weighted by Gasteiger charge is 2.26. The van der Waals surface area contributed by atoms with Crippen LogP contribution in [0, 0.1) is 0 Å². The minimum atomic E-state index is -2.97. The number of hydrogen-bond acceptors (Lipinski definition) is 4. The van der Waals surface area contributed by atoms with E-state index in [1.807, 2.05) is 0 Å². The number of carbonyl (C=O) groups is 1. The first-order chi connectivity index (χ1) is 11.7. The molecule has 0 saturated carbocycles. The van der Waals surface area contributed by atoms with Crippen LogP contribution < -0.4 is 11.1 Å². The van der Waals surface area contributed by atoms with Crippen LogP contribution in [-0.2, 0) is 9.53 Å². The minimum absolute atomic E-state index is 0.360. The third kappa shape index (κ3) is 5.66. The van der Waals surface area contributed by atoms with Crippen molar-refractivity contribution in [2.45, 2.75) is 25.5 Å². The molecule has 2 unspecified atom stereocenters. The molecule has 1 aromatic carbocycles. The van der Waals surface area contributed by atoms with Gasteiger partial charge in [0.05, 0.1) is 17.3 Å². The first kappa shape index (κ1) is 21.3. The summed E-state index contributed by atoms with van der Waals surface area (Å²) in [6.45, 7) is 1.65. The number of alkyl halides is 2. The van der Waals surface area contributed by atoms with E-state index in [1.165, 1.54) is 14.2 Å². The van der Waals surface area contributed by atoms with Crippen LogP contribution in [0.4, 0.5) is 8.78 Å². The van der Waals surface area contributed by atoms with Gasteiger partial charge in [-0.05, 0) is 19.1 Å². The summed E-state index contributed by atoms with van der Waals surface area (Å²) in [4.78, 5) is 15.9. The Kier molecular flexibility index (Phi) is 8.28. The Balaban J connectivity index is 3.06. The molecule has 0 bridgehead atoms. The molecule has 0 aliphatic heterocycles. The first-order valence-electron chi connectivity index (χ1n) is 7.21. The summed E-state index contributed by atoms with van der Waals surface area (Å²) in [6, 6.07) is 4.25. The summed E-state index contributed by atoms with van der Waals surface area (Å²) in [5.41, 5.74) is 4.64. The predicted molar refractivity (Wildman–Crippen MR) is 95.5 cm³/mol. The van der Waals surface area contributed by atoms with E-state index in [9.17, 15) is 13.6 Å². The van der Waals surface area contributed by atoms with Crippen LogP contribution in [0.1, 0.15) is 18.6 Å². The molecule has 1 rings (SSSR count). The van der Waals surface area contributed by atoms with E-state index in [0.29, 0.717) is 15.6 Å². The minimum Gasteiger partial charge on any atom is -0.397 e. The monoisotopic (exact) mass is 393 g/mol. The first-order valence-corrected chi connectivity index (χ1v) is 7.97. The molecule has 25 heavy (non-hydrogen) atoms. The van der Waals surface area contributed by atoms with Gasteiger partial charge < -0.3 is 15.8 Å². The number of nitrogens with one attached hydrogen (secondary N) is 1. The van der Waals surface area contributed by atoms with Crippen molar-refractivity contribution in [1.82, 2.24) is 5.32 Å². The van der Waals surface area contributed by atoms with Gasteiger partial charge in [-0.1, -0.05) is 29.3 Å². The summed E-state index contributed by atoms with van der Waals surface area (Å²) < 4.78 is 31.0. The number of amides is 1. The maximum atomic E-state index is 12.8. The second kappa shape index (κ2) is 9.70. The van der Waals surface area contributed by atoms with Crippen molar-refractivity contribution in [3.8, 4) is 0 Å². The number of halogens is 4. The van der Waals surface area contributed by atoms with Crippen LogP contribution in [-0.4, -0.2) is 38.7 Å². The van der Waals surface area contributed by atoms with Gasteiger partial charge in [0.25, 0.3) is 12.3 Å². The van der Waals surface area contributed by atoms with E-state index >= 15 is 0 Å². The summed E-state index contributed by atoms with van der Waals surface area (Å²) in [5, 5.41) is 3.39. The lowest BCUT2D eigenvalue weighted by atomic mass is 10.0. The molecule has 138 valence electrons. The number of allylic oxidation sites excluding steroid dienone is 1. The molecule has 0 fully saturated rings. The van der Waals surface area contributed by atoms with Crippen molar-refractivity contribution in [1.29, 1.82) is 0 Å². The average molecular weight is 394 g/mol. The fourth-order valence-corrected chi connectivity index (χ4v) is 2.72. The second-order valence-electron chi connectivity index (χ2n) is 5.14. The van der Waals surface area contributed by atoms with E-state index < -0.39 is 35.7 Å². The molecule has 1 aromatic rings. The van der Waals surface area contributed by atoms with Gasteiger partial charge in [0, 0.05) is 36.0 Å². The Morgan fingerprint density at radius 3 is 2.52 bits per heavy atom. The van der Waals surface area contributed by atoms with Crippen molar-refractivity contribution in [2.24, 2.45) is 10.7 Å². The molecule has 0 aliphatic rings. The van der Waals surface area contributed by atoms with Gasteiger partial charge in [0.1, 0.15) is 6.10 Å². The topological polar surface area (TPSA) is 76.7 Å². The molecule has 0 heterocycles. The Hall–Kier alpha value is -1.70. The highest BCUT2D eigenvalue weighted by molar-refractivity contribution is 6.35. The fraction of sp³-hybridized carbons (Fsp3) is 0.375. The average Bonchev–Trinajstić information content (AvgIpc) is 2.54. The molecule has 1 amide bonds. The predicted octanol–water partition coefficient (Wildman–Crippen LogP) is 3.36. The molecule has 3 N–H and O–H groups in total. The smallest absolute Gasteiger partial charge is 0.278 e. The summed E-state index contributed by atoms with van der Waals surface area (Å²) in [6.07, 6.45) is -2.61. The van der Waals surface area contributed by atoms with Crippen molar-refractivity contribution in [2.75, 3.05) is 14.2 Å². The van der Waals surface area contributed by atoms with E-state index in [0.717, 1.165) is 6.21 Å². The van der Waals surface area contributed by atoms with Crippen LogP contribution in [0.15, 0.2) is 34.5 Å². The van der Waals surface area contributed by atoms with Crippen LogP contribution in [0.5, 0.6) is 0 Å². The zero-order chi connectivity index (χ0) is 19.1. The molecule has 5 nitrogen and oxygen atoms in total. The Morgan fingerprint density at radius 2 is 2.04 bits per heavy atom. The maximum absolute atomic E-state index is 12.8. The van der Waals surface area contributed by atoms with Crippen molar-refractivity contribution < 1.29 is 18.3 Å². The zero-order valence-corrected chi connectivity index (χ0v) is 15.4. The molecule has 0 radical (unpaired) electrons. The highest BCUT2D eigenvalue weighted by atomic mass is 35.5. The molecular formula is C16H19Cl2F2N3O2. The number of benzene rings is 1. The van der Waals surface area contributed by atoms with Crippen molar-refractivity contribution >= 4 is 35.3 Å². The largest absolute Gasteiger partial charge is 0.397 e. The number of rotatable bonds is 7.